The van der Waals surface area contributed by atoms with Crippen LogP contribution in [0, 0.1) is 0 Å². The first-order valence-corrected chi connectivity index (χ1v) is 9.40. The highest BCUT2D eigenvalue weighted by Gasteiger charge is 2.23. The number of thioether (sulfide) groups is 1. The monoisotopic (exact) mass is 344 g/mol. The van der Waals surface area contributed by atoms with Gasteiger partial charge in [0, 0.05) is 19.5 Å². The Balaban J connectivity index is 1.59. The van der Waals surface area contributed by atoms with Crippen LogP contribution < -0.4 is 5.32 Å². The summed E-state index contributed by atoms with van der Waals surface area (Å²) in [6, 6.07) is 10.6. The van der Waals surface area contributed by atoms with Crippen LogP contribution >= 0.6 is 11.8 Å². The molecule has 3 rings (SSSR count). The molecule has 0 bridgehead atoms. The molecule has 1 aromatic heterocycles. The third kappa shape index (κ3) is 4.17. The second-order valence-electron chi connectivity index (χ2n) is 6.37. The van der Waals surface area contributed by atoms with Gasteiger partial charge in [-0.3, -0.25) is 4.79 Å². The van der Waals surface area contributed by atoms with E-state index in [-0.39, 0.29) is 11.2 Å². The molecular weight excluding hydrogens is 320 g/mol. The summed E-state index contributed by atoms with van der Waals surface area (Å²) in [5.74, 6) is 1.01. The van der Waals surface area contributed by atoms with Crippen molar-refractivity contribution in [3.05, 3.63) is 41.7 Å². The second-order valence-corrected chi connectivity index (χ2v) is 7.68. The number of rotatable bonds is 6. The quantitative estimate of drug-likeness (QED) is 0.819. The lowest BCUT2D eigenvalue weighted by atomic mass is 10.1. The standard InChI is InChI=1S/C18H24N4OS/c1-13(17(23)19-15-10-6-7-11-15)24-18-21-20-16(22(18)2)12-14-8-4-3-5-9-14/h3-5,8-9,13,15H,6-7,10-12H2,1-2H3,(H,19,23)/t13-/m0/s1. The number of carbonyl (C=O) groups excluding carboxylic acids is 1. The van der Waals surface area contributed by atoms with E-state index in [9.17, 15) is 4.79 Å². The predicted molar refractivity (Wildman–Crippen MR) is 96.0 cm³/mol. The fourth-order valence-electron chi connectivity index (χ4n) is 2.98. The second kappa shape index (κ2) is 7.83. The first kappa shape index (κ1) is 17.0. The van der Waals surface area contributed by atoms with Crippen LogP contribution in [0.4, 0.5) is 0 Å². The third-order valence-electron chi connectivity index (χ3n) is 4.48. The van der Waals surface area contributed by atoms with Gasteiger partial charge in [-0.15, -0.1) is 10.2 Å². The summed E-state index contributed by atoms with van der Waals surface area (Å²) in [6.07, 6.45) is 5.40. The molecule has 1 atom stereocenters. The van der Waals surface area contributed by atoms with Gasteiger partial charge in [0.1, 0.15) is 5.82 Å². The summed E-state index contributed by atoms with van der Waals surface area (Å²) >= 11 is 1.47. The average molecular weight is 344 g/mol. The van der Waals surface area contributed by atoms with Gasteiger partial charge < -0.3 is 9.88 Å². The van der Waals surface area contributed by atoms with Crippen molar-refractivity contribution < 1.29 is 4.79 Å². The maximum Gasteiger partial charge on any atom is 0.233 e. The summed E-state index contributed by atoms with van der Waals surface area (Å²) in [6.45, 7) is 1.93. The Kier molecular flexibility index (Phi) is 5.56. The molecule has 1 aromatic carbocycles. The highest BCUT2D eigenvalue weighted by Crippen LogP contribution is 2.24. The number of nitrogens with one attached hydrogen (secondary N) is 1. The van der Waals surface area contributed by atoms with Crippen molar-refractivity contribution >= 4 is 17.7 Å². The molecule has 1 amide bonds. The van der Waals surface area contributed by atoms with E-state index in [1.54, 1.807) is 0 Å². The minimum absolute atomic E-state index is 0.0968. The topological polar surface area (TPSA) is 59.8 Å². The van der Waals surface area contributed by atoms with E-state index in [2.05, 4.69) is 27.6 Å². The number of benzene rings is 1. The van der Waals surface area contributed by atoms with E-state index in [4.69, 9.17) is 0 Å². The normalized spacial score (nSPS) is 16.2. The van der Waals surface area contributed by atoms with Crippen LogP contribution in [0.1, 0.15) is 44.0 Å². The number of nitrogens with zero attached hydrogens (tertiary/aromatic N) is 3. The Hall–Kier alpha value is -1.82. The number of carbonyl (C=O) groups is 1. The van der Waals surface area contributed by atoms with Gasteiger partial charge in [0.05, 0.1) is 5.25 Å². The highest BCUT2D eigenvalue weighted by molar-refractivity contribution is 8.00. The van der Waals surface area contributed by atoms with E-state index in [1.807, 2.05) is 36.7 Å². The fourth-order valence-corrected chi connectivity index (χ4v) is 3.82. The van der Waals surface area contributed by atoms with E-state index in [0.717, 1.165) is 30.2 Å². The Bertz CT molecular complexity index is 680. The molecule has 128 valence electrons. The lowest BCUT2D eigenvalue weighted by Crippen LogP contribution is -2.37. The molecule has 1 aliphatic carbocycles. The molecule has 0 saturated heterocycles. The molecule has 24 heavy (non-hydrogen) atoms. The number of amides is 1. The van der Waals surface area contributed by atoms with Crippen molar-refractivity contribution in [1.29, 1.82) is 0 Å². The zero-order valence-electron chi connectivity index (χ0n) is 14.2. The van der Waals surface area contributed by atoms with Crippen LogP contribution in [0.5, 0.6) is 0 Å². The molecule has 1 saturated carbocycles. The van der Waals surface area contributed by atoms with Gasteiger partial charge in [-0.05, 0) is 25.3 Å². The summed E-state index contributed by atoms with van der Waals surface area (Å²) in [5.41, 5.74) is 1.21. The molecule has 0 unspecified atom stereocenters. The lowest BCUT2D eigenvalue weighted by Gasteiger charge is -2.16. The fraction of sp³-hybridized carbons (Fsp3) is 0.500. The minimum atomic E-state index is -0.168. The Labute approximate surface area is 147 Å². The van der Waals surface area contributed by atoms with Crippen molar-refractivity contribution in [2.45, 2.75) is 55.5 Å². The molecule has 1 N–H and O–H groups in total. The number of hydrogen-bond donors (Lipinski definition) is 1. The van der Waals surface area contributed by atoms with Gasteiger partial charge in [0.15, 0.2) is 5.16 Å². The van der Waals surface area contributed by atoms with Crippen molar-refractivity contribution in [1.82, 2.24) is 20.1 Å². The van der Waals surface area contributed by atoms with E-state index >= 15 is 0 Å². The maximum atomic E-state index is 12.3. The molecule has 5 nitrogen and oxygen atoms in total. The Morgan fingerprint density at radius 1 is 1.29 bits per heavy atom. The molecule has 1 aliphatic rings. The van der Waals surface area contributed by atoms with Gasteiger partial charge in [-0.2, -0.15) is 0 Å². The summed E-state index contributed by atoms with van der Waals surface area (Å²) < 4.78 is 1.98. The molecule has 6 heteroatoms. The number of aromatic nitrogens is 3. The third-order valence-corrected chi connectivity index (χ3v) is 5.62. The van der Waals surface area contributed by atoms with Crippen molar-refractivity contribution in [3.63, 3.8) is 0 Å². The van der Waals surface area contributed by atoms with Gasteiger partial charge in [0.2, 0.25) is 5.91 Å². The van der Waals surface area contributed by atoms with E-state index in [1.165, 1.54) is 30.2 Å². The Morgan fingerprint density at radius 2 is 2.00 bits per heavy atom. The van der Waals surface area contributed by atoms with Crippen molar-refractivity contribution in [2.75, 3.05) is 0 Å². The highest BCUT2D eigenvalue weighted by atomic mass is 32.2. The minimum Gasteiger partial charge on any atom is -0.352 e. The van der Waals surface area contributed by atoms with Gasteiger partial charge >= 0.3 is 0 Å². The number of hydrogen-bond acceptors (Lipinski definition) is 4. The first-order chi connectivity index (χ1) is 11.6. The van der Waals surface area contributed by atoms with Crippen LogP contribution in [-0.2, 0) is 18.3 Å². The van der Waals surface area contributed by atoms with E-state index < -0.39 is 0 Å². The smallest absolute Gasteiger partial charge is 0.233 e. The first-order valence-electron chi connectivity index (χ1n) is 8.52. The maximum absolute atomic E-state index is 12.3. The van der Waals surface area contributed by atoms with Gasteiger partial charge in [-0.25, -0.2) is 0 Å². The van der Waals surface area contributed by atoms with Crippen LogP contribution in [0.2, 0.25) is 0 Å². The summed E-state index contributed by atoms with van der Waals surface area (Å²) in [4.78, 5) is 12.3. The molecule has 1 fully saturated rings. The van der Waals surface area contributed by atoms with Gasteiger partial charge in [0.25, 0.3) is 0 Å². The molecule has 0 spiro atoms. The zero-order chi connectivity index (χ0) is 16.9. The van der Waals surface area contributed by atoms with Crippen molar-refractivity contribution in [2.24, 2.45) is 7.05 Å². The zero-order valence-corrected chi connectivity index (χ0v) is 15.1. The lowest BCUT2D eigenvalue weighted by molar-refractivity contribution is -0.120. The molecular formula is C18H24N4OS. The molecule has 1 heterocycles. The summed E-state index contributed by atoms with van der Waals surface area (Å²) in [7, 11) is 1.96. The largest absolute Gasteiger partial charge is 0.352 e. The van der Waals surface area contributed by atoms with Gasteiger partial charge in [-0.1, -0.05) is 54.9 Å². The molecule has 0 aliphatic heterocycles. The van der Waals surface area contributed by atoms with E-state index in [0.29, 0.717) is 6.04 Å². The van der Waals surface area contributed by atoms with Crippen LogP contribution in [0.3, 0.4) is 0 Å². The van der Waals surface area contributed by atoms with Crippen LogP contribution in [0.25, 0.3) is 0 Å². The van der Waals surface area contributed by atoms with Crippen molar-refractivity contribution in [3.8, 4) is 0 Å². The molecule has 2 aromatic rings. The Morgan fingerprint density at radius 3 is 2.71 bits per heavy atom. The SMILES string of the molecule is C[C@H](Sc1nnc(Cc2ccccc2)n1C)C(=O)NC1CCCC1. The summed E-state index contributed by atoms with van der Waals surface area (Å²) in [5, 5.41) is 12.3. The average Bonchev–Trinajstić information content (AvgIpc) is 3.21. The predicted octanol–water partition coefficient (Wildman–Crippen LogP) is 2.95. The molecule has 0 radical (unpaired) electrons. The van der Waals surface area contributed by atoms with Crippen LogP contribution in [0.15, 0.2) is 35.5 Å². The van der Waals surface area contributed by atoms with Crippen LogP contribution in [-0.4, -0.2) is 32.0 Å².